The number of hydrogen-bond acceptors (Lipinski definition) is 7. The van der Waals surface area contributed by atoms with Gasteiger partial charge in [-0.25, -0.2) is 4.68 Å². The molecule has 1 aliphatic heterocycles. The van der Waals surface area contributed by atoms with Gasteiger partial charge in [0.15, 0.2) is 11.5 Å². The molecule has 2 atom stereocenters. The van der Waals surface area contributed by atoms with Gasteiger partial charge in [-0.3, -0.25) is 14.6 Å². The molecule has 0 saturated heterocycles. The van der Waals surface area contributed by atoms with E-state index in [2.05, 4.69) is 32.8 Å². The Morgan fingerprint density at radius 3 is 2.82 bits per heavy atom. The lowest BCUT2D eigenvalue weighted by molar-refractivity contribution is -0.142. The zero-order chi connectivity index (χ0) is 26.6. The number of nitrogens with one attached hydrogen (secondary N) is 1. The van der Waals surface area contributed by atoms with E-state index in [1.807, 2.05) is 36.4 Å². The number of anilines is 1. The maximum absolute atomic E-state index is 14.0. The van der Waals surface area contributed by atoms with Gasteiger partial charge in [0.2, 0.25) is 18.6 Å². The summed E-state index contributed by atoms with van der Waals surface area (Å²) in [7, 11) is 0. The Morgan fingerprint density at radius 1 is 1.08 bits per heavy atom. The molecule has 1 N–H and O–H groups in total. The van der Waals surface area contributed by atoms with Crippen molar-refractivity contribution >= 4 is 28.5 Å². The van der Waals surface area contributed by atoms with Crippen LogP contribution in [0.3, 0.4) is 0 Å². The Morgan fingerprint density at radius 2 is 1.97 bits per heavy atom. The van der Waals surface area contributed by atoms with Crippen molar-refractivity contribution in [1.29, 1.82) is 0 Å². The van der Waals surface area contributed by atoms with Crippen LogP contribution in [-0.4, -0.2) is 49.5 Å². The quantitative estimate of drug-likeness (QED) is 0.348. The molecule has 10 heteroatoms. The number of carbonyl (C=O) groups excluding carboxylic acids is 2. The smallest absolute Gasteiger partial charge is 0.247 e. The number of hydrogen-bond donors (Lipinski definition) is 1. The minimum Gasteiger partial charge on any atom is -0.454 e. The van der Waals surface area contributed by atoms with Gasteiger partial charge in [0, 0.05) is 30.7 Å². The first-order valence-electron chi connectivity index (χ1n) is 13.0. The second kappa shape index (κ2) is 10.9. The van der Waals surface area contributed by atoms with Crippen molar-refractivity contribution in [2.45, 2.75) is 38.4 Å². The van der Waals surface area contributed by atoms with Crippen LogP contribution in [0.5, 0.6) is 11.5 Å². The molecule has 0 bridgehead atoms. The number of pyridine rings is 1. The average molecular weight is 525 g/mol. The highest BCUT2D eigenvalue weighted by atomic mass is 16.7. The summed E-state index contributed by atoms with van der Waals surface area (Å²) in [6.45, 7) is 0.337. The van der Waals surface area contributed by atoms with Gasteiger partial charge in [-0.15, -0.1) is 5.10 Å². The highest BCUT2D eigenvalue weighted by Crippen LogP contribution is 2.35. The molecule has 0 radical (unpaired) electrons. The van der Waals surface area contributed by atoms with E-state index in [0.717, 1.165) is 23.9 Å². The summed E-state index contributed by atoms with van der Waals surface area (Å²) < 4.78 is 12.5. The molecular formula is C29H28N6O4. The molecule has 2 aliphatic rings. The number of amides is 2. The van der Waals surface area contributed by atoms with E-state index in [4.69, 9.17) is 9.47 Å². The number of aromatic nitrogens is 4. The van der Waals surface area contributed by atoms with Crippen molar-refractivity contribution in [3.8, 4) is 11.5 Å². The summed E-state index contributed by atoms with van der Waals surface area (Å²) in [6, 6.07) is 15.8. The molecular weight excluding hydrogens is 496 g/mol. The van der Waals surface area contributed by atoms with Gasteiger partial charge in [-0.1, -0.05) is 35.6 Å². The molecule has 2 amide bonds. The Kier molecular flexibility index (Phi) is 6.90. The van der Waals surface area contributed by atoms with Gasteiger partial charge < -0.3 is 19.7 Å². The van der Waals surface area contributed by atoms with Gasteiger partial charge in [0.05, 0.1) is 5.52 Å². The number of fused-ring (bicyclic) bond motifs is 2. The molecule has 1 aliphatic carbocycles. The van der Waals surface area contributed by atoms with Crippen LogP contribution in [0.2, 0.25) is 0 Å². The van der Waals surface area contributed by atoms with Crippen LogP contribution in [0.15, 0.2) is 79.1 Å². The maximum atomic E-state index is 14.0. The summed E-state index contributed by atoms with van der Waals surface area (Å²) in [5.74, 6) is 0.670. The highest BCUT2D eigenvalue weighted by Gasteiger charge is 2.37. The van der Waals surface area contributed by atoms with Gasteiger partial charge in [0.1, 0.15) is 18.1 Å². The molecule has 6 rings (SSSR count). The standard InChI is InChI=1S/C29H28N6O4/c36-27(18-35-24-11-5-4-10-23(24)32-33-35)34(17-20-7-6-14-30-16-20)28(21-8-2-1-3-9-21)29(37)31-22-12-13-25-26(15-22)39-19-38-25/h1-2,4-7,10-16,21,28H,3,8-9,17-19H2,(H,31,37)/t21-,28+/m0/s1. The first-order chi connectivity index (χ1) is 19.2. The number of rotatable bonds is 8. The average Bonchev–Trinajstić information content (AvgIpc) is 3.61. The largest absolute Gasteiger partial charge is 0.454 e. The van der Waals surface area contributed by atoms with Crippen LogP contribution in [0.4, 0.5) is 5.69 Å². The number of carbonyl (C=O) groups is 2. The summed E-state index contributed by atoms with van der Waals surface area (Å²) in [5.41, 5.74) is 2.88. The van der Waals surface area contributed by atoms with E-state index >= 15 is 0 Å². The molecule has 198 valence electrons. The molecule has 3 heterocycles. The van der Waals surface area contributed by atoms with E-state index in [1.165, 1.54) is 0 Å². The van der Waals surface area contributed by atoms with Gasteiger partial charge in [-0.05, 0) is 61.1 Å². The summed E-state index contributed by atoms with van der Waals surface area (Å²) in [6.07, 6.45) is 9.96. The van der Waals surface area contributed by atoms with Crippen molar-refractivity contribution in [2.75, 3.05) is 12.1 Å². The molecule has 4 aromatic rings. The molecule has 0 saturated carbocycles. The number of ether oxygens (including phenoxy) is 2. The van der Waals surface area contributed by atoms with E-state index in [-0.39, 0.29) is 37.6 Å². The van der Waals surface area contributed by atoms with Crippen molar-refractivity contribution in [2.24, 2.45) is 5.92 Å². The third kappa shape index (κ3) is 5.31. The lowest BCUT2D eigenvalue weighted by Crippen LogP contribution is -2.52. The van der Waals surface area contributed by atoms with E-state index in [1.54, 1.807) is 40.2 Å². The van der Waals surface area contributed by atoms with Crippen LogP contribution in [0, 0.1) is 5.92 Å². The van der Waals surface area contributed by atoms with Crippen molar-refractivity contribution in [1.82, 2.24) is 24.9 Å². The van der Waals surface area contributed by atoms with Crippen LogP contribution in [0.1, 0.15) is 24.8 Å². The summed E-state index contributed by atoms with van der Waals surface area (Å²) >= 11 is 0. The van der Waals surface area contributed by atoms with E-state index in [9.17, 15) is 9.59 Å². The first-order valence-corrected chi connectivity index (χ1v) is 13.0. The Labute approximate surface area is 225 Å². The fourth-order valence-electron chi connectivity index (χ4n) is 5.19. The van der Waals surface area contributed by atoms with Gasteiger partial charge in [-0.2, -0.15) is 0 Å². The second-order valence-corrected chi connectivity index (χ2v) is 9.67. The molecule has 2 aromatic carbocycles. The van der Waals surface area contributed by atoms with Crippen LogP contribution >= 0.6 is 0 Å². The zero-order valence-electron chi connectivity index (χ0n) is 21.3. The molecule has 39 heavy (non-hydrogen) atoms. The minimum absolute atomic E-state index is 0.0445. The lowest BCUT2D eigenvalue weighted by Gasteiger charge is -2.37. The minimum atomic E-state index is -0.720. The molecule has 10 nitrogen and oxygen atoms in total. The van der Waals surface area contributed by atoms with Crippen LogP contribution < -0.4 is 14.8 Å². The van der Waals surface area contributed by atoms with Crippen LogP contribution in [-0.2, 0) is 22.7 Å². The van der Waals surface area contributed by atoms with Gasteiger partial charge >= 0.3 is 0 Å². The number of benzene rings is 2. The predicted octanol–water partition coefficient (Wildman–Crippen LogP) is 3.95. The first kappa shape index (κ1) is 24.6. The third-order valence-corrected chi connectivity index (χ3v) is 7.10. The monoisotopic (exact) mass is 524 g/mol. The fraction of sp³-hybridized carbons (Fsp3) is 0.276. The highest BCUT2D eigenvalue weighted by molar-refractivity contribution is 5.98. The van der Waals surface area contributed by atoms with Crippen molar-refractivity contribution in [3.63, 3.8) is 0 Å². The Balaban J connectivity index is 1.33. The lowest BCUT2D eigenvalue weighted by atomic mass is 9.85. The molecule has 0 spiro atoms. The molecule has 2 aromatic heterocycles. The zero-order valence-corrected chi connectivity index (χ0v) is 21.3. The van der Waals surface area contributed by atoms with Crippen molar-refractivity contribution in [3.05, 3.63) is 84.7 Å². The SMILES string of the molecule is O=C(Nc1ccc2c(c1)OCO2)[C@@H]([C@H]1CC=CCC1)N(Cc1cccnc1)C(=O)Cn1nnc2ccccc21. The number of nitrogens with zero attached hydrogens (tertiary/aromatic N) is 5. The van der Waals surface area contributed by atoms with E-state index < -0.39 is 6.04 Å². The fourth-order valence-corrected chi connectivity index (χ4v) is 5.19. The number of para-hydroxylation sites is 1. The topological polar surface area (TPSA) is 111 Å². The normalized spacial score (nSPS) is 16.7. The van der Waals surface area contributed by atoms with E-state index in [0.29, 0.717) is 29.1 Å². The molecule has 0 unspecified atom stereocenters. The second-order valence-electron chi connectivity index (χ2n) is 9.67. The van der Waals surface area contributed by atoms with Crippen LogP contribution in [0.25, 0.3) is 11.0 Å². The predicted molar refractivity (Wildman–Crippen MR) is 144 cm³/mol. The van der Waals surface area contributed by atoms with Gasteiger partial charge in [0.25, 0.3) is 0 Å². The maximum Gasteiger partial charge on any atom is 0.247 e. The Bertz CT molecular complexity index is 1520. The molecule has 0 fully saturated rings. The summed E-state index contributed by atoms with van der Waals surface area (Å²) in [4.78, 5) is 33.9. The third-order valence-electron chi connectivity index (χ3n) is 7.10. The summed E-state index contributed by atoms with van der Waals surface area (Å²) in [5, 5.41) is 11.4. The Hall–Kier alpha value is -4.73. The van der Waals surface area contributed by atoms with Crippen molar-refractivity contribution < 1.29 is 19.1 Å². The number of allylic oxidation sites excluding steroid dienone is 2.